The van der Waals surface area contributed by atoms with Gasteiger partial charge in [0.1, 0.15) is 6.54 Å². The van der Waals surface area contributed by atoms with E-state index in [2.05, 4.69) is 25.2 Å². The molecule has 0 saturated heterocycles. The Balaban J connectivity index is 2.81. The smallest absolute Gasteiger partial charge is 0.228 e. The number of nitrogens with zero attached hydrogens (tertiary/aromatic N) is 1. The summed E-state index contributed by atoms with van der Waals surface area (Å²) in [7, 11) is 0. The zero-order valence-electron chi connectivity index (χ0n) is 10.2. The number of benzene rings is 1. The van der Waals surface area contributed by atoms with E-state index in [4.69, 9.17) is 5.26 Å². The summed E-state index contributed by atoms with van der Waals surface area (Å²) in [6.07, 6.45) is 0.773. The Kier molecular flexibility index (Phi) is 5.22. The number of rotatable bonds is 5. The van der Waals surface area contributed by atoms with Crippen molar-refractivity contribution in [3.8, 4) is 6.07 Å². The number of nitriles is 1. The van der Waals surface area contributed by atoms with Gasteiger partial charge in [0.2, 0.25) is 5.91 Å². The third-order valence-corrected chi connectivity index (χ3v) is 2.50. The van der Waals surface area contributed by atoms with Crippen LogP contribution in [0.15, 0.2) is 24.3 Å². The Hall–Kier alpha value is -1.82. The lowest BCUT2D eigenvalue weighted by Crippen LogP contribution is -2.30. The van der Waals surface area contributed by atoms with Crippen LogP contribution in [0.25, 0.3) is 0 Å². The molecule has 0 saturated carbocycles. The van der Waals surface area contributed by atoms with Gasteiger partial charge in [0, 0.05) is 0 Å². The van der Waals surface area contributed by atoms with Crippen molar-refractivity contribution < 1.29 is 4.79 Å². The molecule has 0 aliphatic rings. The Morgan fingerprint density at radius 3 is 2.88 bits per heavy atom. The molecule has 3 heteroatoms. The predicted octanol–water partition coefficient (Wildman–Crippen LogP) is 2.26. The van der Waals surface area contributed by atoms with Crippen LogP contribution in [-0.2, 0) is 4.79 Å². The van der Waals surface area contributed by atoms with Gasteiger partial charge >= 0.3 is 0 Å². The van der Waals surface area contributed by atoms with Gasteiger partial charge in [0.25, 0.3) is 0 Å². The van der Waals surface area contributed by atoms with Crippen LogP contribution in [0.3, 0.4) is 0 Å². The highest BCUT2D eigenvalue weighted by molar-refractivity contribution is 5.83. The van der Waals surface area contributed by atoms with Crippen LogP contribution in [0.1, 0.15) is 31.7 Å². The van der Waals surface area contributed by atoms with E-state index in [1.54, 1.807) is 0 Å². The van der Waals surface area contributed by atoms with Crippen LogP contribution < -0.4 is 5.32 Å². The molecule has 1 atom stereocenters. The number of amides is 1. The summed E-state index contributed by atoms with van der Waals surface area (Å²) in [5.41, 5.74) is 0.955. The van der Waals surface area contributed by atoms with Gasteiger partial charge in [-0.3, -0.25) is 4.79 Å². The van der Waals surface area contributed by atoms with Gasteiger partial charge in [0.15, 0.2) is 0 Å². The first kappa shape index (κ1) is 13.2. The molecule has 0 bridgehead atoms. The van der Waals surface area contributed by atoms with Crippen molar-refractivity contribution in [2.75, 3.05) is 6.54 Å². The van der Waals surface area contributed by atoms with Crippen molar-refractivity contribution in [2.24, 2.45) is 5.92 Å². The fourth-order valence-electron chi connectivity index (χ4n) is 1.74. The first-order valence-corrected chi connectivity index (χ1v) is 5.75. The van der Waals surface area contributed by atoms with E-state index >= 15 is 0 Å². The molecule has 1 N–H and O–H groups in total. The van der Waals surface area contributed by atoms with Gasteiger partial charge in [-0.2, -0.15) is 5.26 Å². The Labute approximate surface area is 102 Å². The molecule has 0 aromatic heterocycles. The van der Waals surface area contributed by atoms with Crippen molar-refractivity contribution in [2.45, 2.75) is 26.2 Å². The molecule has 89 valence electrons. The lowest BCUT2D eigenvalue weighted by Gasteiger charge is -2.18. The van der Waals surface area contributed by atoms with Gasteiger partial charge < -0.3 is 5.32 Å². The van der Waals surface area contributed by atoms with Gasteiger partial charge in [-0.05, 0) is 24.0 Å². The third-order valence-electron chi connectivity index (χ3n) is 2.50. The number of hydrogen-bond acceptors (Lipinski definition) is 2. The zero-order chi connectivity index (χ0) is 12.7. The lowest BCUT2D eigenvalue weighted by molar-refractivity contribution is -0.122. The van der Waals surface area contributed by atoms with E-state index in [-0.39, 0.29) is 18.4 Å². The van der Waals surface area contributed by atoms with E-state index in [9.17, 15) is 4.79 Å². The average molecular weight is 229 g/mol. The van der Waals surface area contributed by atoms with E-state index in [0.717, 1.165) is 12.0 Å². The molecular formula is C14H17N2O. The summed E-state index contributed by atoms with van der Waals surface area (Å²) in [6, 6.07) is 12.3. The molecule has 0 aliphatic heterocycles. The van der Waals surface area contributed by atoms with Crippen LogP contribution in [0.5, 0.6) is 0 Å². The molecule has 17 heavy (non-hydrogen) atoms. The summed E-state index contributed by atoms with van der Waals surface area (Å²) in [4.78, 5) is 12.0. The molecule has 0 aliphatic carbocycles. The second kappa shape index (κ2) is 6.70. The molecule has 1 amide bonds. The molecular weight excluding hydrogens is 212 g/mol. The van der Waals surface area contributed by atoms with Crippen molar-refractivity contribution in [1.82, 2.24) is 5.32 Å². The SMILES string of the molecule is CC(C)CC(C(=O)NCC#N)c1c[c]ccc1. The van der Waals surface area contributed by atoms with E-state index in [1.165, 1.54) is 0 Å². The second-order valence-corrected chi connectivity index (χ2v) is 4.39. The maximum Gasteiger partial charge on any atom is 0.228 e. The minimum atomic E-state index is -0.194. The highest BCUT2D eigenvalue weighted by atomic mass is 16.1. The largest absolute Gasteiger partial charge is 0.342 e. The molecule has 1 unspecified atom stereocenters. The lowest BCUT2D eigenvalue weighted by atomic mass is 9.89. The summed E-state index contributed by atoms with van der Waals surface area (Å²) in [5, 5.41) is 11.1. The topological polar surface area (TPSA) is 52.9 Å². The summed E-state index contributed by atoms with van der Waals surface area (Å²) < 4.78 is 0. The number of hydrogen-bond donors (Lipinski definition) is 1. The average Bonchev–Trinajstić information content (AvgIpc) is 2.34. The number of carbonyl (C=O) groups is 1. The van der Waals surface area contributed by atoms with Crippen molar-refractivity contribution >= 4 is 5.91 Å². The molecule has 1 rings (SSSR count). The molecule has 1 aromatic rings. The van der Waals surface area contributed by atoms with Crippen LogP contribution >= 0.6 is 0 Å². The molecule has 1 aromatic carbocycles. The summed E-state index contributed by atoms with van der Waals surface area (Å²) >= 11 is 0. The Bertz CT molecular complexity index is 392. The van der Waals surface area contributed by atoms with Crippen LogP contribution in [0.2, 0.25) is 0 Å². The molecule has 3 nitrogen and oxygen atoms in total. The Morgan fingerprint density at radius 2 is 2.35 bits per heavy atom. The fourth-order valence-corrected chi connectivity index (χ4v) is 1.74. The highest BCUT2D eigenvalue weighted by Gasteiger charge is 2.21. The zero-order valence-corrected chi connectivity index (χ0v) is 10.2. The minimum absolute atomic E-state index is 0.0595. The number of carbonyl (C=O) groups excluding carboxylic acids is 1. The maximum absolute atomic E-state index is 12.0. The quantitative estimate of drug-likeness (QED) is 0.787. The van der Waals surface area contributed by atoms with Gasteiger partial charge in [0.05, 0.1) is 12.0 Å². The normalized spacial score (nSPS) is 11.9. The van der Waals surface area contributed by atoms with Crippen LogP contribution in [0.4, 0.5) is 0 Å². The molecule has 0 heterocycles. The van der Waals surface area contributed by atoms with Gasteiger partial charge in [-0.25, -0.2) is 0 Å². The third kappa shape index (κ3) is 4.28. The van der Waals surface area contributed by atoms with Crippen molar-refractivity contribution in [3.63, 3.8) is 0 Å². The minimum Gasteiger partial charge on any atom is -0.342 e. The maximum atomic E-state index is 12.0. The number of nitrogens with one attached hydrogen (secondary N) is 1. The van der Waals surface area contributed by atoms with E-state index in [1.807, 2.05) is 30.3 Å². The second-order valence-electron chi connectivity index (χ2n) is 4.39. The Morgan fingerprint density at radius 1 is 1.59 bits per heavy atom. The summed E-state index contributed by atoms with van der Waals surface area (Å²) in [5.74, 6) is 0.147. The monoisotopic (exact) mass is 229 g/mol. The molecule has 0 spiro atoms. The fraction of sp³-hybridized carbons (Fsp3) is 0.429. The first-order chi connectivity index (χ1) is 8.15. The van der Waals surface area contributed by atoms with Crippen LogP contribution in [-0.4, -0.2) is 12.5 Å². The summed E-state index contributed by atoms with van der Waals surface area (Å²) in [6.45, 7) is 4.22. The van der Waals surface area contributed by atoms with Crippen molar-refractivity contribution in [3.05, 3.63) is 35.9 Å². The highest BCUT2D eigenvalue weighted by Crippen LogP contribution is 2.23. The predicted molar refractivity (Wildman–Crippen MR) is 66.1 cm³/mol. The standard InChI is InChI=1S/C14H17N2O/c1-11(2)10-13(14(17)16-9-8-15)12-6-4-3-5-7-12/h3-4,6-7,11,13H,9-10H2,1-2H3,(H,16,17). The van der Waals surface area contributed by atoms with Gasteiger partial charge in [-0.15, -0.1) is 0 Å². The van der Waals surface area contributed by atoms with E-state index < -0.39 is 0 Å². The molecule has 0 fully saturated rings. The van der Waals surface area contributed by atoms with Crippen LogP contribution in [0, 0.1) is 23.3 Å². The van der Waals surface area contributed by atoms with E-state index in [0.29, 0.717) is 5.92 Å². The van der Waals surface area contributed by atoms with Gasteiger partial charge in [-0.1, -0.05) is 38.1 Å². The first-order valence-electron chi connectivity index (χ1n) is 5.75. The van der Waals surface area contributed by atoms with Crippen molar-refractivity contribution in [1.29, 1.82) is 5.26 Å². The molecule has 1 radical (unpaired) electrons.